The third kappa shape index (κ3) is 3.24. The average Bonchev–Trinajstić information content (AvgIpc) is 3.34. The number of hydrogen-bond acceptors (Lipinski definition) is 6. The third-order valence-corrected chi connectivity index (χ3v) is 5.07. The molecule has 1 N–H and O–H groups in total. The van der Waals surface area contributed by atoms with Crippen molar-refractivity contribution in [2.75, 3.05) is 32.6 Å². The van der Waals surface area contributed by atoms with Crippen LogP contribution in [0.25, 0.3) is 11.1 Å². The standard InChI is InChI=1S/C21H23N3O4/c1-13-6-4-9-17-19(13)23-21(28-17)22-14-10-11-24(12-14)20(25)18-15(26-2)7-5-8-16(18)27-3/h4-9,14H,10-12H2,1-3H3,(H,22,23). The summed E-state index contributed by atoms with van der Waals surface area (Å²) in [6, 6.07) is 11.7. The van der Waals surface area contributed by atoms with Crippen molar-refractivity contribution in [2.24, 2.45) is 0 Å². The van der Waals surface area contributed by atoms with Gasteiger partial charge in [0.25, 0.3) is 11.9 Å². The Labute approximate surface area is 163 Å². The number of methoxy groups -OCH3 is 2. The number of amides is 1. The molecule has 3 aromatic rings. The van der Waals surface area contributed by atoms with Crippen LogP contribution in [0.2, 0.25) is 0 Å². The van der Waals surface area contributed by atoms with Gasteiger partial charge in [0, 0.05) is 19.1 Å². The quantitative estimate of drug-likeness (QED) is 0.729. The van der Waals surface area contributed by atoms with E-state index in [1.807, 2.05) is 25.1 Å². The predicted molar refractivity (Wildman–Crippen MR) is 106 cm³/mol. The summed E-state index contributed by atoms with van der Waals surface area (Å²) in [6.07, 6.45) is 0.806. The van der Waals surface area contributed by atoms with Gasteiger partial charge in [-0.15, -0.1) is 0 Å². The molecule has 4 rings (SSSR count). The van der Waals surface area contributed by atoms with Gasteiger partial charge in [0.1, 0.15) is 22.6 Å². The summed E-state index contributed by atoms with van der Waals surface area (Å²) in [5, 5.41) is 3.32. The molecule has 1 aromatic heterocycles. The Bertz CT molecular complexity index is 992. The molecule has 7 nitrogen and oxygen atoms in total. The van der Waals surface area contributed by atoms with Crippen molar-refractivity contribution in [3.63, 3.8) is 0 Å². The van der Waals surface area contributed by atoms with E-state index in [2.05, 4.69) is 10.3 Å². The zero-order valence-electron chi connectivity index (χ0n) is 16.2. The van der Waals surface area contributed by atoms with Crippen LogP contribution >= 0.6 is 0 Å². The van der Waals surface area contributed by atoms with Gasteiger partial charge in [-0.1, -0.05) is 18.2 Å². The molecule has 0 bridgehead atoms. The van der Waals surface area contributed by atoms with Crippen molar-refractivity contribution in [3.8, 4) is 11.5 Å². The number of fused-ring (bicyclic) bond motifs is 1. The monoisotopic (exact) mass is 381 g/mol. The summed E-state index contributed by atoms with van der Waals surface area (Å²) in [5.41, 5.74) is 3.13. The van der Waals surface area contributed by atoms with Crippen molar-refractivity contribution in [1.82, 2.24) is 9.88 Å². The fourth-order valence-corrected chi connectivity index (χ4v) is 3.61. The Balaban J connectivity index is 1.49. The van der Waals surface area contributed by atoms with E-state index in [0.717, 1.165) is 23.1 Å². The SMILES string of the molecule is COc1cccc(OC)c1C(=O)N1CCC(Nc2nc3c(C)cccc3o2)C1. The minimum absolute atomic E-state index is 0.0676. The first-order valence-electron chi connectivity index (χ1n) is 9.23. The maximum absolute atomic E-state index is 13.1. The molecule has 1 unspecified atom stereocenters. The van der Waals surface area contributed by atoms with Crippen LogP contribution in [0.15, 0.2) is 40.8 Å². The van der Waals surface area contributed by atoms with Crippen LogP contribution in [0.5, 0.6) is 11.5 Å². The summed E-state index contributed by atoms with van der Waals surface area (Å²) in [5.74, 6) is 0.914. The maximum Gasteiger partial charge on any atom is 0.295 e. The van der Waals surface area contributed by atoms with E-state index < -0.39 is 0 Å². The lowest BCUT2D eigenvalue weighted by molar-refractivity contribution is 0.0784. The number of carbonyl (C=O) groups is 1. The molecule has 0 radical (unpaired) electrons. The predicted octanol–water partition coefficient (Wildman–Crippen LogP) is 3.48. The third-order valence-electron chi connectivity index (χ3n) is 5.07. The molecule has 7 heteroatoms. The molecule has 0 saturated carbocycles. The molecule has 2 aromatic carbocycles. The fraction of sp³-hybridized carbons (Fsp3) is 0.333. The zero-order chi connectivity index (χ0) is 19.7. The van der Waals surface area contributed by atoms with Gasteiger partial charge in [0.2, 0.25) is 0 Å². The van der Waals surface area contributed by atoms with Crippen LogP contribution in [0.4, 0.5) is 6.01 Å². The number of anilines is 1. The molecule has 1 fully saturated rings. The summed E-state index contributed by atoms with van der Waals surface area (Å²) in [6.45, 7) is 3.19. The molecule has 28 heavy (non-hydrogen) atoms. The molecule has 1 aliphatic heterocycles. The molecule has 0 spiro atoms. The smallest absolute Gasteiger partial charge is 0.295 e. The number of hydrogen-bond donors (Lipinski definition) is 1. The zero-order valence-corrected chi connectivity index (χ0v) is 16.2. The highest BCUT2D eigenvalue weighted by Gasteiger charge is 2.31. The molecule has 2 heterocycles. The van der Waals surface area contributed by atoms with Crippen molar-refractivity contribution < 1.29 is 18.7 Å². The van der Waals surface area contributed by atoms with E-state index in [-0.39, 0.29) is 11.9 Å². The normalized spacial score (nSPS) is 16.4. The summed E-state index contributed by atoms with van der Waals surface area (Å²) < 4.78 is 16.5. The number of nitrogens with zero attached hydrogens (tertiary/aromatic N) is 2. The second-order valence-electron chi connectivity index (χ2n) is 6.86. The molecule has 1 amide bonds. The first-order chi connectivity index (χ1) is 13.6. The summed E-state index contributed by atoms with van der Waals surface area (Å²) in [4.78, 5) is 19.4. The van der Waals surface area contributed by atoms with Gasteiger partial charge in [0.05, 0.1) is 14.2 Å². The number of aromatic nitrogens is 1. The lowest BCUT2D eigenvalue weighted by Crippen LogP contribution is -2.32. The minimum Gasteiger partial charge on any atom is -0.496 e. The van der Waals surface area contributed by atoms with Gasteiger partial charge in [-0.2, -0.15) is 4.98 Å². The van der Waals surface area contributed by atoms with Crippen LogP contribution in [-0.2, 0) is 0 Å². The van der Waals surface area contributed by atoms with Gasteiger partial charge in [-0.3, -0.25) is 4.79 Å². The number of nitrogens with one attached hydrogen (secondary N) is 1. The Morgan fingerprint density at radius 2 is 1.89 bits per heavy atom. The van der Waals surface area contributed by atoms with E-state index in [9.17, 15) is 4.79 Å². The first kappa shape index (κ1) is 18.2. The van der Waals surface area contributed by atoms with Crippen LogP contribution < -0.4 is 14.8 Å². The number of ether oxygens (including phenoxy) is 2. The Morgan fingerprint density at radius 1 is 1.18 bits per heavy atom. The fourth-order valence-electron chi connectivity index (χ4n) is 3.61. The number of benzene rings is 2. The minimum atomic E-state index is -0.105. The van der Waals surface area contributed by atoms with Crippen molar-refractivity contribution in [1.29, 1.82) is 0 Å². The molecular formula is C21H23N3O4. The van der Waals surface area contributed by atoms with Crippen LogP contribution in [0, 0.1) is 6.92 Å². The number of oxazole rings is 1. The Hall–Kier alpha value is -3.22. The Kier molecular flexibility index (Phi) is 4.81. The van der Waals surface area contributed by atoms with Crippen molar-refractivity contribution >= 4 is 23.0 Å². The van der Waals surface area contributed by atoms with Gasteiger partial charge in [-0.25, -0.2) is 0 Å². The van der Waals surface area contributed by atoms with E-state index in [4.69, 9.17) is 13.9 Å². The first-order valence-corrected chi connectivity index (χ1v) is 9.23. The number of aryl methyl sites for hydroxylation is 1. The Morgan fingerprint density at radius 3 is 2.57 bits per heavy atom. The van der Waals surface area contributed by atoms with Crippen LogP contribution in [-0.4, -0.2) is 49.1 Å². The van der Waals surface area contributed by atoms with Gasteiger partial charge in [0.15, 0.2) is 5.58 Å². The van der Waals surface area contributed by atoms with Crippen molar-refractivity contribution in [2.45, 2.75) is 19.4 Å². The molecule has 1 saturated heterocycles. The van der Waals surface area contributed by atoms with Gasteiger partial charge in [-0.05, 0) is 37.1 Å². The number of carbonyl (C=O) groups excluding carboxylic acids is 1. The summed E-state index contributed by atoms with van der Waals surface area (Å²) >= 11 is 0. The second-order valence-corrected chi connectivity index (χ2v) is 6.86. The molecule has 0 aliphatic carbocycles. The molecular weight excluding hydrogens is 358 g/mol. The highest BCUT2D eigenvalue weighted by Crippen LogP contribution is 2.31. The number of likely N-dealkylation sites (tertiary alicyclic amines) is 1. The highest BCUT2D eigenvalue weighted by atomic mass is 16.5. The molecule has 1 atom stereocenters. The van der Waals surface area contributed by atoms with Gasteiger partial charge < -0.3 is 24.1 Å². The maximum atomic E-state index is 13.1. The van der Waals surface area contributed by atoms with Gasteiger partial charge >= 0.3 is 0 Å². The van der Waals surface area contributed by atoms with E-state index in [1.165, 1.54) is 0 Å². The molecule has 146 valence electrons. The molecule has 1 aliphatic rings. The summed E-state index contributed by atoms with van der Waals surface area (Å²) in [7, 11) is 3.10. The van der Waals surface area contributed by atoms with E-state index in [0.29, 0.717) is 36.2 Å². The number of para-hydroxylation sites is 1. The van der Waals surface area contributed by atoms with Crippen LogP contribution in [0.1, 0.15) is 22.3 Å². The van der Waals surface area contributed by atoms with Crippen molar-refractivity contribution in [3.05, 3.63) is 47.5 Å². The topological polar surface area (TPSA) is 76.8 Å². The lowest BCUT2D eigenvalue weighted by Gasteiger charge is -2.20. The number of rotatable bonds is 5. The lowest BCUT2D eigenvalue weighted by atomic mass is 10.1. The second kappa shape index (κ2) is 7.42. The van der Waals surface area contributed by atoms with E-state index in [1.54, 1.807) is 37.3 Å². The van der Waals surface area contributed by atoms with E-state index >= 15 is 0 Å². The highest BCUT2D eigenvalue weighted by molar-refractivity contribution is 6.00. The average molecular weight is 381 g/mol. The van der Waals surface area contributed by atoms with Crippen LogP contribution in [0.3, 0.4) is 0 Å². The largest absolute Gasteiger partial charge is 0.496 e.